The van der Waals surface area contributed by atoms with Crippen molar-refractivity contribution in [3.05, 3.63) is 46.3 Å². The second kappa shape index (κ2) is 4.93. The molecule has 116 valence electrons. The first-order valence-corrected chi connectivity index (χ1v) is 8.47. The Kier molecular flexibility index (Phi) is 3.81. The lowest BCUT2D eigenvalue weighted by atomic mass is 9.87. The third-order valence-corrected chi connectivity index (χ3v) is 6.25. The first-order chi connectivity index (χ1) is 9.47. The monoisotopic (exact) mass is 310 g/mol. The van der Waals surface area contributed by atoms with E-state index in [2.05, 4.69) is 0 Å². The van der Waals surface area contributed by atoms with E-state index in [1.54, 1.807) is 39.8 Å². The molecule has 0 fully saturated rings. The average molecular weight is 310 g/mol. The van der Waals surface area contributed by atoms with Crippen LogP contribution in [0.5, 0.6) is 0 Å². The summed E-state index contributed by atoms with van der Waals surface area (Å²) in [5, 5.41) is 20.1. The summed E-state index contributed by atoms with van der Waals surface area (Å²) in [4.78, 5) is 0.373. The molecule has 21 heavy (non-hydrogen) atoms. The highest BCUT2D eigenvalue weighted by atomic mass is 32.2. The highest BCUT2D eigenvalue weighted by Gasteiger charge is 2.34. The van der Waals surface area contributed by atoms with Crippen LogP contribution in [0.25, 0.3) is 0 Å². The van der Waals surface area contributed by atoms with Crippen LogP contribution in [0, 0.1) is 11.8 Å². The molecular weight excluding hydrogens is 288 g/mol. The van der Waals surface area contributed by atoms with Crippen LogP contribution in [0.1, 0.15) is 27.7 Å². The van der Waals surface area contributed by atoms with Gasteiger partial charge in [0, 0.05) is 11.8 Å². The maximum atomic E-state index is 12.7. The SMILES string of the molecule is CC1C=C(S(=O)(=O)C2=CC(C)C(C)(O)C=C2)C=CC1(C)O. The van der Waals surface area contributed by atoms with Crippen molar-refractivity contribution in [2.45, 2.75) is 38.9 Å². The fraction of sp³-hybridized carbons (Fsp3) is 0.500. The van der Waals surface area contributed by atoms with Gasteiger partial charge in [-0.05, 0) is 26.0 Å². The van der Waals surface area contributed by atoms with Gasteiger partial charge < -0.3 is 10.2 Å². The predicted molar refractivity (Wildman–Crippen MR) is 82.9 cm³/mol. The molecule has 2 rings (SSSR count). The maximum Gasteiger partial charge on any atom is 0.205 e. The van der Waals surface area contributed by atoms with Crippen molar-refractivity contribution in [2.75, 3.05) is 0 Å². The molecule has 0 radical (unpaired) electrons. The van der Waals surface area contributed by atoms with Gasteiger partial charge in [-0.3, -0.25) is 0 Å². The Labute approximate surface area is 126 Å². The van der Waals surface area contributed by atoms with E-state index >= 15 is 0 Å². The molecule has 0 amide bonds. The molecule has 2 aliphatic rings. The van der Waals surface area contributed by atoms with Crippen LogP contribution in [0.2, 0.25) is 0 Å². The van der Waals surface area contributed by atoms with E-state index in [9.17, 15) is 18.6 Å². The van der Waals surface area contributed by atoms with Gasteiger partial charge in [-0.15, -0.1) is 0 Å². The number of allylic oxidation sites excluding steroid dienone is 2. The average Bonchev–Trinajstić information content (AvgIpc) is 2.35. The van der Waals surface area contributed by atoms with Crippen molar-refractivity contribution >= 4 is 9.84 Å². The van der Waals surface area contributed by atoms with Gasteiger partial charge in [-0.1, -0.05) is 38.2 Å². The zero-order valence-electron chi connectivity index (χ0n) is 12.7. The second-order valence-electron chi connectivity index (χ2n) is 6.34. The summed E-state index contributed by atoms with van der Waals surface area (Å²) in [7, 11) is -3.62. The molecule has 0 aliphatic heterocycles. The Balaban J connectivity index is 2.38. The quantitative estimate of drug-likeness (QED) is 0.819. The molecular formula is C16H22O4S. The third kappa shape index (κ3) is 2.91. The van der Waals surface area contributed by atoms with Gasteiger partial charge >= 0.3 is 0 Å². The van der Waals surface area contributed by atoms with Crippen molar-refractivity contribution < 1.29 is 18.6 Å². The largest absolute Gasteiger partial charge is 0.385 e. The Bertz CT molecular complexity index is 608. The summed E-state index contributed by atoms with van der Waals surface area (Å²) in [6.07, 6.45) is 9.06. The van der Waals surface area contributed by atoms with E-state index in [-0.39, 0.29) is 21.6 Å². The van der Waals surface area contributed by atoms with Crippen LogP contribution in [0.3, 0.4) is 0 Å². The lowest BCUT2D eigenvalue weighted by Gasteiger charge is -2.30. The summed E-state index contributed by atoms with van der Waals surface area (Å²) >= 11 is 0. The summed E-state index contributed by atoms with van der Waals surface area (Å²) in [6, 6.07) is 0. The smallest absolute Gasteiger partial charge is 0.205 e. The second-order valence-corrected chi connectivity index (χ2v) is 8.29. The minimum Gasteiger partial charge on any atom is -0.385 e. The first-order valence-electron chi connectivity index (χ1n) is 6.99. The zero-order chi connectivity index (χ0) is 16.1. The van der Waals surface area contributed by atoms with Gasteiger partial charge in [-0.2, -0.15) is 0 Å². The highest BCUT2D eigenvalue weighted by Crippen LogP contribution is 2.34. The Morgan fingerprint density at radius 2 is 1.24 bits per heavy atom. The van der Waals surface area contributed by atoms with E-state index in [0.717, 1.165) is 0 Å². The van der Waals surface area contributed by atoms with Crippen molar-refractivity contribution in [3.63, 3.8) is 0 Å². The lowest BCUT2D eigenvalue weighted by Crippen LogP contribution is -2.33. The molecule has 0 aromatic rings. The van der Waals surface area contributed by atoms with Crippen molar-refractivity contribution in [3.8, 4) is 0 Å². The molecule has 0 spiro atoms. The molecule has 4 nitrogen and oxygen atoms in total. The molecule has 0 saturated heterocycles. The topological polar surface area (TPSA) is 74.6 Å². The van der Waals surface area contributed by atoms with E-state index in [1.807, 2.05) is 0 Å². The van der Waals surface area contributed by atoms with Crippen LogP contribution in [0.15, 0.2) is 46.3 Å². The summed E-state index contributed by atoms with van der Waals surface area (Å²) in [5.41, 5.74) is -2.07. The van der Waals surface area contributed by atoms with Gasteiger partial charge in [0.1, 0.15) is 0 Å². The van der Waals surface area contributed by atoms with Crippen LogP contribution >= 0.6 is 0 Å². The molecule has 0 aromatic carbocycles. The summed E-state index contributed by atoms with van der Waals surface area (Å²) in [6.45, 7) is 6.84. The van der Waals surface area contributed by atoms with Crippen molar-refractivity contribution in [1.29, 1.82) is 0 Å². The number of aliphatic hydroxyl groups is 2. The molecule has 4 unspecified atom stereocenters. The fourth-order valence-electron chi connectivity index (χ4n) is 2.24. The predicted octanol–water partition coefficient (Wildman–Crippen LogP) is 2.08. The summed E-state index contributed by atoms with van der Waals surface area (Å²) in [5.74, 6) is -0.582. The van der Waals surface area contributed by atoms with Crippen LogP contribution in [-0.4, -0.2) is 29.8 Å². The van der Waals surface area contributed by atoms with E-state index in [0.29, 0.717) is 0 Å². The van der Waals surface area contributed by atoms with Crippen LogP contribution < -0.4 is 0 Å². The Hall–Kier alpha value is -1.17. The molecule has 4 atom stereocenters. The fourth-order valence-corrected chi connectivity index (χ4v) is 3.77. The molecule has 2 N–H and O–H groups in total. The number of hydrogen-bond acceptors (Lipinski definition) is 4. The number of rotatable bonds is 2. The van der Waals surface area contributed by atoms with Crippen molar-refractivity contribution in [2.24, 2.45) is 11.8 Å². The summed E-state index contributed by atoms with van der Waals surface area (Å²) < 4.78 is 25.3. The molecule has 0 aromatic heterocycles. The molecule has 5 heteroatoms. The van der Waals surface area contributed by atoms with E-state index in [4.69, 9.17) is 0 Å². The van der Waals surface area contributed by atoms with E-state index < -0.39 is 21.0 Å². The minimum atomic E-state index is -3.62. The molecule has 0 bridgehead atoms. The van der Waals surface area contributed by atoms with Crippen LogP contribution in [0.4, 0.5) is 0 Å². The van der Waals surface area contributed by atoms with Crippen LogP contribution in [-0.2, 0) is 9.84 Å². The van der Waals surface area contributed by atoms with Gasteiger partial charge in [0.25, 0.3) is 0 Å². The first kappa shape index (κ1) is 16.2. The standard InChI is InChI=1S/C16H22O4S/c1-11-9-13(5-7-15(11,3)17)21(19,20)14-6-8-16(4,18)12(2)10-14/h5-12,17-18H,1-4H3. The van der Waals surface area contributed by atoms with Gasteiger partial charge in [0.15, 0.2) is 0 Å². The maximum absolute atomic E-state index is 12.7. The minimum absolute atomic E-state index is 0.186. The molecule has 0 heterocycles. The van der Waals surface area contributed by atoms with E-state index in [1.165, 1.54) is 24.3 Å². The Morgan fingerprint density at radius 1 is 0.905 bits per heavy atom. The van der Waals surface area contributed by atoms with Gasteiger partial charge in [-0.25, -0.2) is 8.42 Å². The zero-order valence-corrected chi connectivity index (χ0v) is 13.6. The Morgan fingerprint density at radius 3 is 1.52 bits per heavy atom. The normalized spacial score (nSPS) is 39.9. The third-order valence-electron chi connectivity index (χ3n) is 4.46. The number of sulfone groups is 1. The van der Waals surface area contributed by atoms with Gasteiger partial charge in [0.2, 0.25) is 9.84 Å². The van der Waals surface area contributed by atoms with Crippen molar-refractivity contribution in [1.82, 2.24) is 0 Å². The molecule has 0 saturated carbocycles. The highest BCUT2D eigenvalue weighted by molar-refractivity contribution is 7.99. The lowest BCUT2D eigenvalue weighted by molar-refractivity contribution is 0.0726. The number of hydrogen-bond donors (Lipinski definition) is 2. The molecule has 2 aliphatic carbocycles. The van der Waals surface area contributed by atoms with Gasteiger partial charge in [0.05, 0.1) is 21.0 Å².